The lowest BCUT2D eigenvalue weighted by molar-refractivity contribution is -0.123. The van der Waals surface area contributed by atoms with Crippen LogP contribution >= 0.6 is 11.8 Å². The molecule has 0 rings (SSSR count). The molecule has 102 valence electrons. The van der Waals surface area contributed by atoms with Crippen LogP contribution in [0.25, 0.3) is 0 Å². The minimum absolute atomic E-state index is 0.271. The Balaban J connectivity index is 3.47. The van der Waals surface area contributed by atoms with Crippen molar-refractivity contribution in [1.82, 2.24) is 5.32 Å². The van der Waals surface area contributed by atoms with E-state index in [1.165, 1.54) is 0 Å². The standard InChI is InChI=1S/C12H26N2O2S/c1-12(14-2,11(13)15)7-4-5-9-17-10-6-8-16-3/h14H,4-10H2,1-3H3,(H2,13,15). The number of carbonyl (C=O) groups is 1. The number of methoxy groups -OCH3 is 1. The van der Waals surface area contributed by atoms with E-state index >= 15 is 0 Å². The minimum atomic E-state index is -0.555. The van der Waals surface area contributed by atoms with Gasteiger partial charge >= 0.3 is 0 Å². The molecule has 17 heavy (non-hydrogen) atoms. The van der Waals surface area contributed by atoms with Crippen LogP contribution in [0.15, 0.2) is 0 Å². The lowest BCUT2D eigenvalue weighted by Crippen LogP contribution is -2.51. The van der Waals surface area contributed by atoms with Gasteiger partial charge in [0.25, 0.3) is 0 Å². The van der Waals surface area contributed by atoms with Crippen LogP contribution in [-0.4, -0.2) is 43.7 Å². The van der Waals surface area contributed by atoms with E-state index in [0.717, 1.165) is 43.8 Å². The van der Waals surface area contributed by atoms with Crippen molar-refractivity contribution >= 4 is 17.7 Å². The van der Waals surface area contributed by atoms with Crippen molar-refractivity contribution in [2.75, 3.05) is 32.3 Å². The van der Waals surface area contributed by atoms with Crippen LogP contribution < -0.4 is 11.1 Å². The molecule has 0 aromatic carbocycles. The van der Waals surface area contributed by atoms with E-state index in [1.54, 1.807) is 14.2 Å². The maximum atomic E-state index is 11.2. The summed E-state index contributed by atoms with van der Waals surface area (Å²) >= 11 is 1.94. The Labute approximate surface area is 109 Å². The van der Waals surface area contributed by atoms with E-state index in [0.29, 0.717) is 0 Å². The fourth-order valence-corrected chi connectivity index (χ4v) is 2.40. The van der Waals surface area contributed by atoms with E-state index in [2.05, 4.69) is 5.32 Å². The van der Waals surface area contributed by atoms with Crippen molar-refractivity contribution in [3.63, 3.8) is 0 Å². The highest BCUT2D eigenvalue weighted by molar-refractivity contribution is 7.99. The molecule has 0 aromatic rings. The molecule has 0 fully saturated rings. The van der Waals surface area contributed by atoms with E-state index in [1.807, 2.05) is 18.7 Å². The topological polar surface area (TPSA) is 64.3 Å². The molecule has 5 heteroatoms. The molecule has 0 aliphatic rings. The van der Waals surface area contributed by atoms with Gasteiger partial charge in [0.1, 0.15) is 0 Å². The summed E-state index contributed by atoms with van der Waals surface area (Å²) in [5.41, 5.74) is 4.80. The number of carbonyl (C=O) groups excluding carboxylic acids is 1. The van der Waals surface area contributed by atoms with Gasteiger partial charge in [0, 0.05) is 13.7 Å². The number of ether oxygens (including phenoxy) is 1. The maximum Gasteiger partial charge on any atom is 0.237 e. The number of hydrogen-bond acceptors (Lipinski definition) is 4. The SMILES string of the molecule is CNC(C)(CCCCSCCCOC)C(N)=O. The molecule has 1 atom stereocenters. The zero-order chi connectivity index (χ0) is 13.1. The average Bonchev–Trinajstić information content (AvgIpc) is 2.32. The van der Waals surface area contributed by atoms with Gasteiger partial charge < -0.3 is 15.8 Å². The second-order valence-electron chi connectivity index (χ2n) is 4.36. The first kappa shape index (κ1) is 16.7. The highest BCUT2D eigenvalue weighted by Crippen LogP contribution is 2.15. The number of likely N-dealkylation sites (N-methyl/N-ethyl adjacent to an activating group) is 1. The van der Waals surface area contributed by atoms with Crippen molar-refractivity contribution in [3.8, 4) is 0 Å². The molecule has 3 N–H and O–H groups in total. The van der Waals surface area contributed by atoms with Gasteiger partial charge in [-0.25, -0.2) is 0 Å². The van der Waals surface area contributed by atoms with Crippen molar-refractivity contribution in [3.05, 3.63) is 0 Å². The highest BCUT2D eigenvalue weighted by atomic mass is 32.2. The van der Waals surface area contributed by atoms with Crippen molar-refractivity contribution in [2.24, 2.45) is 5.73 Å². The highest BCUT2D eigenvalue weighted by Gasteiger charge is 2.27. The van der Waals surface area contributed by atoms with Gasteiger partial charge in [-0.3, -0.25) is 4.79 Å². The number of primary amides is 1. The van der Waals surface area contributed by atoms with Crippen molar-refractivity contribution in [2.45, 2.75) is 38.1 Å². The lowest BCUT2D eigenvalue weighted by Gasteiger charge is -2.25. The number of nitrogens with one attached hydrogen (secondary N) is 1. The number of nitrogens with two attached hydrogens (primary N) is 1. The summed E-state index contributed by atoms with van der Waals surface area (Å²) in [4.78, 5) is 11.2. The van der Waals surface area contributed by atoms with Gasteiger partial charge in [-0.15, -0.1) is 0 Å². The largest absolute Gasteiger partial charge is 0.385 e. The predicted octanol–water partition coefficient (Wildman–Crippen LogP) is 1.39. The monoisotopic (exact) mass is 262 g/mol. The number of amides is 1. The fourth-order valence-electron chi connectivity index (χ4n) is 1.46. The number of rotatable bonds is 11. The Kier molecular flexibility index (Phi) is 9.59. The normalized spacial score (nSPS) is 14.5. The molecular weight excluding hydrogens is 236 g/mol. The lowest BCUT2D eigenvalue weighted by atomic mass is 9.94. The summed E-state index contributed by atoms with van der Waals surface area (Å²) in [7, 11) is 3.51. The predicted molar refractivity (Wildman–Crippen MR) is 74.3 cm³/mol. The smallest absolute Gasteiger partial charge is 0.237 e. The summed E-state index contributed by atoms with van der Waals surface area (Å²) in [6.07, 6.45) is 4.06. The van der Waals surface area contributed by atoms with Crippen molar-refractivity contribution < 1.29 is 9.53 Å². The molecule has 0 heterocycles. The first-order chi connectivity index (χ1) is 8.06. The molecule has 0 radical (unpaired) electrons. The summed E-state index contributed by atoms with van der Waals surface area (Å²) in [6, 6.07) is 0. The average molecular weight is 262 g/mol. The summed E-state index contributed by atoms with van der Waals surface area (Å²) < 4.78 is 4.98. The summed E-state index contributed by atoms with van der Waals surface area (Å²) in [5.74, 6) is 2.02. The molecule has 0 saturated carbocycles. The molecule has 0 aromatic heterocycles. The van der Waals surface area contributed by atoms with Crippen LogP contribution in [0.2, 0.25) is 0 Å². The summed E-state index contributed by atoms with van der Waals surface area (Å²) in [5, 5.41) is 3.00. The molecule has 0 spiro atoms. The Morgan fingerprint density at radius 1 is 1.35 bits per heavy atom. The molecule has 1 unspecified atom stereocenters. The molecule has 4 nitrogen and oxygen atoms in total. The molecule has 0 aliphatic carbocycles. The third-order valence-electron chi connectivity index (χ3n) is 2.95. The van der Waals surface area contributed by atoms with E-state index in [4.69, 9.17) is 10.5 Å². The van der Waals surface area contributed by atoms with Crippen LogP contribution in [-0.2, 0) is 9.53 Å². The van der Waals surface area contributed by atoms with Gasteiger partial charge in [-0.2, -0.15) is 11.8 Å². The van der Waals surface area contributed by atoms with Gasteiger partial charge in [0.15, 0.2) is 0 Å². The number of hydrogen-bond donors (Lipinski definition) is 2. The van der Waals surface area contributed by atoms with Crippen LogP contribution in [0.1, 0.15) is 32.6 Å². The van der Waals surface area contributed by atoms with Gasteiger partial charge in [0.2, 0.25) is 5.91 Å². The molecule has 0 bridgehead atoms. The van der Waals surface area contributed by atoms with Crippen molar-refractivity contribution in [1.29, 1.82) is 0 Å². The quantitative estimate of drug-likeness (QED) is 0.552. The van der Waals surface area contributed by atoms with Crippen LogP contribution in [0.4, 0.5) is 0 Å². The minimum Gasteiger partial charge on any atom is -0.385 e. The third-order valence-corrected chi connectivity index (χ3v) is 4.10. The van der Waals surface area contributed by atoms with E-state index in [-0.39, 0.29) is 5.91 Å². The number of thioether (sulfide) groups is 1. The Hall–Kier alpha value is -0.260. The second kappa shape index (κ2) is 9.74. The molecule has 0 saturated heterocycles. The molecule has 1 amide bonds. The Bertz CT molecular complexity index is 215. The van der Waals surface area contributed by atoms with E-state index in [9.17, 15) is 4.79 Å². The van der Waals surface area contributed by atoms with Crippen LogP contribution in [0.5, 0.6) is 0 Å². The first-order valence-electron chi connectivity index (χ1n) is 6.12. The Morgan fingerprint density at radius 2 is 2.00 bits per heavy atom. The first-order valence-corrected chi connectivity index (χ1v) is 7.28. The second-order valence-corrected chi connectivity index (χ2v) is 5.59. The zero-order valence-electron chi connectivity index (χ0n) is 11.3. The third kappa shape index (κ3) is 7.63. The molecular formula is C12H26N2O2S. The maximum absolute atomic E-state index is 11.2. The van der Waals surface area contributed by atoms with Gasteiger partial charge in [-0.1, -0.05) is 6.42 Å². The van der Waals surface area contributed by atoms with Gasteiger partial charge in [0.05, 0.1) is 5.54 Å². The van der Waals surface area contributed by atoms with Crippen LogP contribution in [0, 0.1) is 0 Å². The number of unbranched alkanes of at least 4 members (excludes halogenated alkanes) is 1. The Morgan fingerprint density at radius 3 is 2.53 bits per heavy atom. The van der Waals surface area contributed by atoms with Crippen LogP contribution in [0.3, 0.4) is 0 Å². The zero-order valence-corrected chi connectivity index (χ0v) is 12.1. The van der Waals surface area contributed by atoms with Gasteiger partial charge in [-0.05, 0) is 44.7 Å². The van der Waals surface area contributed by atoms with E-state index < -0.39 is 5.54 Å². The fraction of sp³-hybridized carbons (Fsp3) is 0.917. The molecule has 0 aliphatic heterocycles. The summed E-state index contributed by atoms with van der Waals surface area (Å²) in [6.45, 7) is 2.70.